The topological polar surface area (TPSA) is 49.3 Å². The van der Waals surface area contributed by atoms with Gasteiger partial charge in [-0.1, -0.05) is 23.7 Å². The molecule has 1 unspecified atom stereocenters. The van der Waals surface area contributed by atoms with E-state index in [2.05, 4.69) is 5.32 Å². The molecule has 1 amide bonds. The highest BCUT2D eigenvalue weighted by Gasteiger charge is 2.41. The minimum Gasteiger partial charge on any atom is -0.394 e. The molecule has 1 aromatic rings. The predicted octanol–water partition coefficient (Wildman–Crippen LogP) is 2.55. The van der Waals surface area contributed by atoms with Crippen molar-refractivity contribution in [2.45, 2.75) is 38.1 Å². The van der Waals surface area contributed by atoms with Crippen LogP contribution in [0.2, 0.25) is 5.02 Å². The third-order valence-electron chi connectivity index (χ3n) is 3.76. The van der Waals surface area contributed by atoms with Gasteiger partial charge in [0.05, 0.1) is 12.1 Å². The van der Waals surface area contributed by atoms with Gasteiger partial charge in [-0.3, -0.25) is 4.79 Å². The zero-order valence-electron chi connectivity index (χ0n) is 11.2. The molecule has 1 atom stereocenters. The molecule has 2 N–H and O–H groups in total. The van der Waals surface area contributed by atoms with Gasteiger partial charge in [0.1, 0.15) is 0 Å². The molecule has 1 aliphatic carbocycles. The van der Waals surface area contributed by atoms with E-state index >= 15 is 0 Å². The number of halogens is 1. The van der Waals surface area contributed by atoms with Crippen molar-refractivity contribution in [3.63, 3.8) is 0 Å². The first-order valence-corrected chi connectivity index (χ1v) is 7.07. The van der Waals surface area contributed by atoms with Crippen molar-refractivity contribution in [2.24, 2.45) is 5.92 Å². The van der Waals surface area contributed by atoms with Crippen molar-refractivity contribution < 1.29 is 9.90 Å². The summed E-state index contributed by atoms with van der Waals surface area (Å²) in [5.74, 6) is 0.413. The Balaban J connectivity index is 1.84. The van der Waals surface area contributed by atoms with Crippen molar-refractivity contribution in [2.75, 3.05) is 6.61 Å². The zero-order valence-corrected chi connectivity index (χ0v) is 11.9. The number of hydrogen-bond donors (Lipinski definition) is 2. The van der Waals surface area contributed by atoms with Crippen molar-refractivity contribution in [1.82, 2.24) is 5.32 Å². The van der Waals surface area contributed by atoms with Crippen molar-refractivity contribution >= 4 is 17.5 Å². The summed E-state index contributed by atoms with van der Waals surface area (Å²) in [4.78, 5) is 12.0. The van der Waals surface area contributed by atoms with Crippen LogP contribution in [0, 0.1) is 5.92 Å². The van der Waals surface area contributed by atoms with Crippen LogP contribution >= 0.6 is 11.6 Å². The Morgan fingerprint density at radius 2 is 2.26 bits per heavy atom. The standard InChI is InChI=1S/C15H20ClNO2/c1-15(10-18,12-6-7-12)17-14(19)8-5-11-3-2-4-13(16)9-11/h2-4,9,12,18H,5-8,10H2,1H3,(H,17,19). The second-order valence-electron chi connectivity index (χ2n) is 5.53. The Morgan fingerprint density at radius 1 is 1.53 bits per heavy atom. The molecule has 0 saturated heterocycles. The number of rotatable bonds is 6. The normalized spacial score (nSPS) is 17.8. The Kier molecular flexibility index (Phi) is 4.48. The van der Waals surface area contributed by atoms with Gasteiger partial charge < -0.3 is 10.4 Å². The molecule has 1 saturated carbocycles. The maximum Gasteiger partial charge on any atom is 0.220 e. The molecule has 0 heterocycles. The highest BCUT2D eigenvalue weighted by atomic mass is 35.5. The molecule has 0 bridgehead atoms. The highest BCUT2D eigenvalue weighted by molar-refractivity contribution is 6.30. The fourth-order valence-electron chi connectivity index (χ4n) is 2.32. The summed E-state index contributed by atoms with van der Waals surface area (Å²) in [6.45, 7) is 1.92. The first kappa shape index (κ1) is 14.4. The maximum atomic E-state index is 12.0. The Bertz CT molecular complexity index is 459. The van der Waals surface area contributed by atoms with Crippen LogP contribution in [-0.4, -0.2) is 23.2 Å². The zero-order chi connectivity index (χ0) is 13.9. The molecule has 0 aliphatic heterocycles. The van der Waals surface area contributed by atoms with E-state index in [-0.39, 0.29) is 12.5 Å². The molecule has 2 rings (SSSR count). The van der Waals surface area contributed by atoms with Crippen LogP contribution in [0.25, 0.3) is 0 Å². The van der Waals surface area contributed by atoms with E-state index in [4.69, 9.17) is 11.6 Å². The van der Waals surface area contributed by atoms with Crippen LogP contribution in [0.3, 0.4) is 0 Å². The van der Waals surface area contributed by atoms with Crippen molar-refractivity contribution in [3.8, 4) is 0 Å². The third kappa shape index (κ3) is 3.95. The largest absolute Gasteiger partial charge is 0.394 e. The van der Waals surface area contributed by atoms with Crippen molar-refractivity contribution in [1.29, 1.82) is 0 Å². The minimum atomic E-state index is -0.453. The van der Waals surface area contributed by atoms with Crippen LogP contribution in [0.4, 0.5) is 0 Å². The average molecular weight is 282 g/mol. The van der Waals surface area contributed by atoms with Crippen LogP contribution in [0.15, 0.2) is 24.3 Å². The van der Waals surface area contributed by atoms with Crippen LogP contribution in [-0.2, 0) is 11.2 Å². The van der Waals surface area contributed by atoms with Gasteiger partial charge in [0.15, 0.2) is 0 Å². The summed E-state index contributed by atoms with van der Waals surface area (Å²) in [5, 5.41) is 13.1. The van der Waals surface area contributed by atoms with E-state index in [1.807, 2.05) is 31.2 Å². The second-order valence-corrected chi connectivity index (χ2v) is 5.96. The summed E-state index contributed by atoms with van der Waals surface area (Å²) < 4.78 is 0. The quantitative estimate of drug-likeness (QED) is 0.842. The fraction of sp³-hybridized carbons (Fsp3) is 0.533. The van der Waals surface area contributed by atoms with Gasteiger partial charge >= 0.3 is 0 Å². The predicted molar refractivity (Wildman–Crippen MR) is 76.1 cm³/mol. The second kappa shape index (κ2) is 5.93. The number of hydrogen-bond acceptors (Lipinski definition) is 2. The van der Waals surface area contributed by atoms with Crippen molar-refractivity contribution in [3.05, 3.63) is 34.9 Å². The van der Waals surface area contributed by atoms with Gasteiger partial charge in [-0.2, -0.15) is 0 Å². The molecule has 4 heteroatoms. The summed E-state index contributed by atoms with van der Waals surface area (Å²) in [7, 11) is 0. The Hall–Kier alpha value is -1.06. The lowest BCUT2D eigenvalue weighted by atomic mass is 9.96. The molecule has 104 valence electrons. The molecular formula is C15H20ClNO2. The van der Waals surface area contributed by atoms with E-state index in [9.17, 15) is 9.90 Å². The number of aryl methyl sites for hydroxylation is 1. The Morgan fingerprint density at radius 3 is 2.84 bits per heavy atom. The van der Waals surface area contributed by atoms with Gasteiger partial charge in [0.25, 0.3) is 0 Å². The number of carbonyl (C=O) groups is 1. The van der Waals surface area contributed by atoms with E-state index in [0.29, 0.717) is 23.8 Å². The SMILES string of the molecule is CC(CO)(NC(=O)CCc1cccc(Cl)c1)C1CC1. The van der Waals surface area contributed by atoms with E-state index in [0.717, 1.165) is 18.4 Å². The number of aliphatic hydroxyl groups excluding tert-OH is 1. The summed E-state index contributed by atoms with van der Waals surface area (Å²) in [6, 6.07) is 7.55. The number of benzene rings is 1. The molecule has 19 heavy (non-hydrogen) atoms. The average Bonchev–Trinajstić information content (AvgIpc) is 3.21. The number of aliphatic hydroxyl groups is 1. The number of carbonyl (C=O) groups excluding carboxylic acids is 1. The molecule has 0 aromatic heterocycles. The third-order valence-corrected chi connectivity index (χ3v) is 4.00. The monoisotopic (exact) mass is 281 g/mol. The molecule has 0 spiro atoms. The number of amides is 1. The molecular weight excluding hydrogens is 262 g/mol. The minimum absolute atomic E-state index is 0.000567. The summed E-state index contributed by atoms with van der Waals surface area (Å²) in [5.41, 5.74) is 0.602. The molecule has 1 fully saturated rings. The lowest BCUT2D eigenvalue weighted by molar-refractivity contribution is -0.123. The summed E-state index contributed by atoms with van der Waals surface area (Å²) >= 11 is 5.91. The summed E-state index contributed by atoms with van der Waals surface area (Å²) in [6.07, 6.45) is 3.26. The van der Waals surface area contributed by atoms with Crippen LogP contribution < -0.4 is 5.32 Å². The van der Waals surface area contributed by atoms with E-state index < -0.39 is 5.54 Å². The van der Waals surface area contributed by atoms with Gasteiger partial charge in [-0.25, -0.2) is 0 Å². The van der Waals surface area contributed by atoms with Gasteiger partial charge in [-0.15, -0.1) is 0 Å². The lowest BCUT2D eigenvalue weighted by Crippen LogP contribution is -2.50. The molecule has 1 aliphatic rings. The van der Waals surface area contributed by atoms with Gasteiger partial charge in [0, 0.05) is 11.4 Å². The van der Waals surface area contributed by atoms with Crippen LogP contribution in [0.5, 0.6) is 0 Å². The smallest absolute Gasteiger partial charge is 0.220 e. The highest BCUT2D eigenvalue weighted by Crippen LogP contribution is 2.39. The Labute approximate surface area is 119 Å². The van der Waals surface area contributed by atoms with E-state index in [1.165, 1.54) is 0 Å². The van der Waals surface area contributed by atoms with E-state index in [1.54, 1.807) is 0 Å². The first-order valence-electron chi connectivity index (χ1n) is 6.70. The molecule has 0 radical (unpaired) electrons. The maximum absolute atomic E-state index is 12.0. The fourth-order valence-corrected chi connectivity index (χ4v) is 2.54. The van der Waals surface area contributed by atoms with Gasteiger partial charge in [0.2, 0.25) is 5.91 Å². The van der Waals surface area contributed by atoms with Gasteiger partial charge in [-0.05, 0) is 49.8 Å². The molecule has 1 aromatic carbocycles. The lowest BCUT2D eigenvalue weighted by Gasteiger charge is -2.28. The van der Waals surface area contributed by atoms with Crippen LogP contribution in [0.1, 0.15) is 31.7 Å². The first-order chi connectivity index (χ1) is 9.03. The number of nitrogens with one attached hydrogen (secondary N) is 1. The molecule has 3 nitrogen and oxygen atoms in total.